The van der Waals surface area contributed by atoms with Gasteiger partial charge in [0.25, 0.3) is 0 Å². The van der Waals surface area contributed by atoms with E-state index < -0.39 is 0 Å². The van der Waals surface area contributed by atoms with Crippen LogP contribution in [-0.2, 0) is 0 Å². The van der Waals surface area contributed by atoms with Crippen LogP contribution < -0.4 is 5.32 Å². The summed E-state index contributed by atoms with van der Waals surface area (Å²) in [4.78, 5) is 0. The smallest absolute Gasteiger partial charge is 0.0727 e. The minimum atomic E-state index is -0.263. The van der Waals surface area contributed by atoms with Crippen LogP contribution in [0, 0.1) is 23.7 Å². The van der Waals surface area contributed by atoms with Gasteiger partial charge in [-0.1, -0.05) is 80.2 Å². The van der Waals surface area contributed by atoms with Gasteiger partial charge in [0.15, 0.2) is 0 Å². The van der Waals surface area contributed by atoms with E-state index in [1.807, 2.05) is 0 Å². The number of hydrogen-bond donors (Lipinski definition) is 2. The fourth-order valence-electron chi connectivity index (χ4n) is 6.36. The Morgan fingerprint density at radius 1 is 1.16 bits per heavy atom. The molecule has 0 bridgehead atoms. The van der Waals surface area contributed by atoms with Gasteiger partial charge in [-0.25, -0.2) is 0 Å². The van der Waals surface area contributed by atoms with Gasteiger partial charge in [-0.2, -0.15) is 0 Å². The Kier molecular flexibility index (Phi) is 9.86. The summed E-state index contributed by atoms with van der Waals surface area (Å²) in [5, 5.41) is 14.8. The largest absolute Gasteiger partial charge is 0.391 e. The van der Waals surface area contributed by atoms with Gasteiger partial charge in [-0.15, -0.1) is 0 Å². The molecule has 0 amide bonds. The summed E-state index contributed by atoms with van der Waals surface area (Å²) in [7, 11) is 0. The van der Waals surface area contributed by atoms with Crippen LogP contribution in [0.1, 0.15) is 98.8 Å². The molecule has 3 rings (SSSR count). The van der Waals surface area contributed by atoms with Gasteiger partial charge in [-0.3, -0.25) is 0 Å². The van der Waals surface area contributed by atoms with Crippen molar-refractivity contribution in [1.82, 2.24) is 5.32 Å². The molecule has 0 aromatic rings. The Morgan fingerprint density at radius 2 is 1.91 bits per heavy atom. The van der Waals surface area contributed by atoms with E-state index in [1.165, 1.54) is 56.1 Å². The fourth-order valence-corrected chi connectivity index (χ4v) is 6.36. The average Bonchev–Trinajstić information content (AvgIpc) is 2.78. The van der Waals surface area contributed by atoms with Crippen LogP contribution in [-0.4, -0.2) is 23.8 Å². The van der Waals surface area contributed by atoms with Gasteiger partial charge >= 0.3 is 0 Å². The van der Waals surface area contributed by atoms with E-state index in [0.717, 1.165) is 37.6 Å². The molecule has 180 valence electrons. The van der Waals surface area contributed by atoms with Gasteiger partial charge < -0.3 is 10.4 Å². The molecule has 0 aromatic carbocycles. The lowest BCUT2D eigenvalue weighted by atomic mass is 9.58. The third kappa shape index (κ3) is 6.26. The zero-order valence-corrected chi connectivity index (χ0v) is 21.5. The van der Waals surface area contributed by atoms with E-state index in [9.17, 15) is 5.11 Å². The average molecular weight is 440 g/mol. The maximum absolute atomic E-state index is 11.2. The summed E-state index contributed by atoms with van der Waals surface area (Å²) >= 11 is 0. The third-order valence-corrected chi connectivity index (χ3v) is 8.61. The van der Waals surface area contributed by atoms with Crippen molar-refractivity contribution in [2.45, 2.75) is 111 Å². The van der Waals surface area contributed by atoms with Gasteiger partial charge in [-0.05, 0) is 88.9 Å². The van der Waals surface area contributed by atoms with Crippen molar-refractivity contribution in [1.29, 1.82) is 0 Å². The number of rotatable bonds is 11. The van der Waals surface area contributed by atoms with Crippen molar-refractivity contribution in [3.63, 3.8) is 0 Å². The highest BCUT2D eigenvalue weighted by Gasteiger charge is 2.45. The first-order valence-corrected chi connectivity index (χ1v) is 13.6. The molecule has 0 aromatic heterocycles. The van der Waals surface area contributed by atoms with E-state index in [4.69, 9.17) is 0 Å². The zero-order valence-electron chi connectivity index (χ0n) is 21.5. The van der Waals surface area contributed by atoms with Gasteiger partial charge in [0.2, 0.25) is 0 Å². The maximum Gasteiger partial charge on any atom is 0.0727 e. The molecule has 0 saturated heterocycles. The lowest BCUT2D eigenvalue weighted by molar-refractivity contribution is 0.0229. The number of aliphatic hydroxyl groups excluding tert-OH is 1. The molecule has 2 heteroatoms. The predicted molar refractivity (Wildman–Crippen MR) is 139 cm³/mol. The summed E-state index contributed by atoms with van der Waals surface area (Å²) in [6, 6.07) is 0.130. The third-order valence-electron chi connectivity index (χ3n) is 8.61. The molecule has 2 saturated carbocycles. The fraction of sp³-hybridized carbons (Fsp3) is 0.733. The minimum Gasteiger partial charge on any atom is -0.391 e. The molecule has 4 unspecified atom stereocenters. The highest BCUT2D eigenvalue weighted by Crippen LogP contribution is 2.52. The molecule has 4 atom stereocenters. The SMILES string of the molecule is CC/C=C\C=C(/CC)CNC(C)C(O)C1CC2=C(C)C=C(C3CCC(CCC)CC3)CC21. The second kappa shape index (κ2) is 12.4. The number of hydrogen-bond acceptors (Lipinski definition) is 2. The second-order valence-electron chi connectivity index (χ2n) is 10.8. The first-order chi connectivity index (χ1) is 15.5. The summed E-state index contributed by atoms with van der Waals surface area (Å²) in [5.41, 5.74) is 6.24. The van der Waals surface area contributed by atoms with E-state index in [0.29, 0.717) is 11.8 Å². The van der Waals surface area contributed by atoms with Crippen molar-refractivity contribution >= 4 is 0 Å². The lowest BCUT2D eigenvalue weighted by Crippen LogP contribution is -2.49. The molecule has 2 fully saturated rings. The molecule has 0 radical (unpaired) electrons. The van der Waals surface area contributed by atoms with E-state index >= 15 is 0 Å². The first-order valence-electron chi connectivity index (χ1n) is 13.6. The first kappa shape index (κ1) is 25.5. The van der Waals surface area contributed by atoms with Crippen molar-refractivity contribution in [2.24, 2.45) is 23.7 Å². The maximum atomic E-state index is 11.2. The molecular formula is C30H49NO. The molecule has 2 nitrogen and oxygen atoms in total. The minimum absolute atomic E-state index is 0.130. The molecule has 2 N–H and O–H groups in total. The summed E-state index contributed by atoms with van der Waals surface area (Å²) in [5.74, 6) is 2.76. The van der Waals surface area contributed by atoms with Crippen LogP contribution in [0.2, 0.25) is 0 Å². The van der Waals surface area contributed by atoms with E-state index in [2.05, 4.69) is 64.2 Å². The Hall–Kier alpha value is -1.12. The highest BCUT2D eigenvalue weighted by atomic mass is 16.3. The molecule has 0 spiro atoms. The van der Waals surface area contributed by atoms with Gasteiger partial charge in [0.1, 0.15) is 0 Å². The molecule has 0 aliphatic heterocycles. The molecule has 3 aliphatic carbocycles. The topological polar surface area (TPSA) is 32.3 Å². The van der Waals surface area contributed by atoms with E-state index in [-0.39, 0.29) is 12.1 Å². The van der Waals surface area contributed by atoms with Crippen LogP contribution in [0.3, 0.4) is 0 Å². The molecule has 0 heterocycles. The number of nitrogens with one attached hydrogen (secondary N) is 1. The van der Waals surface area contributed by atoms with Crippen LogP contribution in [0.5, 0.6) is 0 Å². The predicted octanol–water partition coefficient (Wildman–Crippen LogP) is 7.52. The van der Waals surface area contributed by atoms with Crippen molar-refractivity contribution in [2.75, 3.05) is 6.54 Å². The molecular weight excluding hydrogens is 390 g/mol. The highest BCUT2D eigenvalue weighted by molar-refractivity contribution is 5.40. The second-order valence-corrected chi connectivity index (χ2v) is 10.8. The van der Waals surface area contributed by atoms with Crippen LogP contribution in [0.15, 0.2) is 46.6 Å². The number of aliphatic hydroxyl groups is 1. The van der Waals surface area contributed by atoms with Crippen LogP contribution >= 0.6 is 0 Å². The number of fused-ring (bicyclic) bond motifs is 1. The summed E-state index contributed by atoms with van der Waals surface area (Å²) in [6.45, 7) is 12.1. The Morgan fingerprint density at radius 3 is 2.56 bits per heavy atom. The zero-order chi connectivity index (χ0) is 23.1. The van der Waals surface area contributed by atoms with Crippen molar-refractivity contribution in [3.8, 4) is 0 Å². The number of allylic oxidation sites excluding steroid dienone is 7. The van der Waals surface area contributed by atoms with E-state index in [1.54, 1.807) is 11.1 Å². The Bertz CT molecular complexity index is 719. The Balaban J connectivity index is 1.54. The standard InChI is InChI=1S/C30H49NO/c1-6-9-10-12-23(8-3)20-31-22(5)30(32)29-19-27-21(4)17-26(18-28(27)29)25-15-13-24(11-7-2)14-16-25/h9-10,12,17,22,24-25,28-32H,6-8,11,13-16,18-20H2,1-5H3/b10-9-,23-12+. The Labute approximate surface area is 198 Å². The lowest BCUT2D eigenvalue weighted by Gasteiger charge is -2.48. The molecule has 3 aliphatic rings. The van der Waals surface area contributed by atoms with Crippen LogP contribution in [0.4, 0.5) is 0 Å². The normalized spacial score (nSPS) is 30.7. The molecule has 32 heavy (non-hydrogen) atoms. The van der Waals surface area contributed by atoms with Crippen molar-refractivity contribution < 1.29 is 5.11 Å². The summed E-state index contributed by atoms with van der Waals surface area (Å²) < 4.78 is 0. The van der Waals surface area contributed by atoms with Gasteiger partial charge in [0, 0.05) is 12.6 Å². The summed E-state index contributed by atoms with van der Waals surface area (Å²) in [6.07, 6.45) is 21.6. The quantitative estimate of drug-likeness (QED) is 0.326. The van der Waals surface area contributed by atoms with Crippen LogP contribution in [0.25, 0.3) is 0 Å². The monoisotopic (exact) mass is 439 g/mol. The van der Waals surface area contributed by atoms with Gasteiger partial charge in [0.05, 0.1) is 6.10 Å². The van der Waals surface area contributed by atoms with Crippen molar-refractivity contribution in [3.05, 3.63) is 46.6 Å².